The molecule has 0 radical (unpaired) electrons. The molecule has 1 unspecified atom stereocenters. The molecule has 0 fully saturated rings. The van der Waals surface area contributed by atoms with E-state index >= 15 is 0 Å². The Hall–Kier alpha value is -0.980. The molecule has 0 aromatic heterocycles. The Balaban J connectivity index is 2.39. The third-order valence-corrected chi connectivity index (χ3v) is 2.40. The van der Waals surface area contributed by atoms with Gasteiger partial charge in [0.25, 0.3) is 0 Å². The Morgan fingerprint density at radius 1 is 1.50 bits per heavy atom. The van der Waals surface area contributed by atoms with Gasteiger partial charge in [0.05, 0.1) is 6.61 Å². The average Bonchev–Trinajstić information content (AvgIpc) is 2.45. The Morgan fingerprint density at radius 2 is 2.25 bits per heavy atom. The fourth-order valence-corrected chi connectivity index (χ4v) is 1.64. The van der Waals surface area contributed by atoms with Crippen LogP contribution >= 0.6 is 0 Å². The first kappa shape index (κ1) is 6.53. The number of para-hydroxylation sites is 1. The highest BCUT2D eigenvalue weighted by atomic mass is 16.5. The van der Waals surface area contributed by atoms with Crippen molar-refractivity contribution in [2.24, 2.45) is 5.89 Å². The van der Waals surface area contributed by atoms with Gasteiger partial charge in [-0.05, 0) is 12.0 Å². The minimum absolute atomic E-state index is 0.212. The summed E-state index contributed by atoms with van der Waals surface area (Å²) in [6, 6.07) is 8.01. The second-order valence-electron chi connectivity index (χ2n) is 3.48. The van der Waals surface area contributed by atoms with Gasteiger partial charge in [-0.3, -0.25) is 0 Å². The summed E-state index contributed by atoms with van der Waals surface area (Å²) in [5.74, 6) is 0.712. The lowest BCUT2D eigenvalue weighted by molar-refractivity contribution is 0.304. The van der Waals surface area contributed by atoms with Crippen molar-refractivity contribution < 1.29 is 6.11 Å². The van der Waals surface area contributed by atoms with Gasteiger partial charge in [0, 0.05) is 12.9 Å². The van der Waals surface area contributed by atoms with Gasteiger partial charge in [0.1, 0.15) is 5.75 Å². The molecule has 1 aliphatic rings. The van der Waals surface area contributed by atoms with Gasteiger partial charge in [0.15, 0.2) is 0 Å². The minimum Gasteiger partial charge on any atom is -0.493 e. The van der Waals surface area contributed by atoms with E-state index in [1.807, 2.05) is 32.0 Å². The second-order valence-corrected chi connectivity index (χ2v) is 3.48. The molecule has 0 saturated carbocycles. The molecular formula is C11H14O. The highest BCUT2D eigenvalue weighted by molar-refractivity contribution is 5.39. The average molecular weight is 163 g/mol. The van der Waals surface area contributed by atoms with Crippen molar-refractivity contribution in [3.63, 3.8) is 0 Å². The van der Waals surface area contributed by atoms with Crippen molar-refractivity contribution in [3.8, 4) is 5.75 Å². The molecule has 0 amide bonds. The molecule has 1 nitrogen and oxygen atoms in total. The smallest absolute Gasteiger partial charge is 0.122 e. The summed E-state index contributed by atoms with van der Waals surface area (Å²) in [5, 5.41) is 0. The van der Waals surface area contributed by atoms with Gasteiger partial charge in [-0.1, -0.05) is 32.0 Å². The van der Waals surface area contributed by atoms with Crippen LogP contribution in [0.25, 0.3) is 0 Å². The summed E-state index contributed by atoms with van der Waals surface area (Å²) in [4.78, 5) is 0. The third-order valence-electron chi connectivity index (χ3n) is 2.40. The molecule has 0 bridgehead atoms. The number of benzene rings is 1. The molecule has 1 aliphatic heterocycles. The number of rotatable bonds is 1. The van der Waals surface area contributed by atoms with Crippen molar-refractivity contribution in [2.75, 3.05) is 6.61 Å². The summed E-state index contributed by atoms with van der Waals surface area (Å²) in [7, 11) is 0. The molecule has 1 atom stereocenters. The van der Waals surface area contributed by atoms with Crippen molar-refractivity contribution in [3.05, 3.63) is 29.8 Å². The van der Waals surface area contributed by atoms with Gasteiger partial charge < -0.3 is 4.74 Å². The van der Waals surface area contributed by atoms with Crippen molar-refractivity contribution >= 4 is 0 Å². The quantitative estimate of drug-likeness (QED) is 0.618. The van der Waals surface area contributed by atoms with E-state index in [2.05, 4.69) is 6.07 Å². The fraction of sp³-hybridized carbons (Fsp3) is 0.455. The monoisotopic (exact) mass is 163 g/mol. The standard InChI is InChI=1S/C11H14O/c1-8(2)10-7-12-11-6-4-3-5-9(10)11/h3-6,8,10H,7H2,1-2H3/i8D. The molecule has 1 aromatic rings. The number of fused-ring (bicyclic) bond motifs is 1. The summed E-state index contributed by atoms with van der Waals surface area (Å²) in [5.41, 5.74) is 1.18. The van der Waals surface area contributed by atoms with Crippen LogP contribution in [0.5, 0.6) is 5.75 Å². The van der Waals surface area contributed by atoms with Crippen LogP contribution in [0, 0.1) is 5.89 Å². The van der Waals surface area contributed by atoms with Crippen molar-refractivity contribution in [1.29, 1.82) is 0 Å². The predicted molar refractivity (Wildman–Crippen MR) is 49.5 cm³/mol. The van der Waals surface area contributed by atoms with Gasteiger partial charge in [0.2, 0.25) is 0 Å². The SMILES string of the molecule is [2H]C(C)(C)C1COc2ccccc21. The molecule has 0 saturated heterocycles. The third kappa shape index (κ3) is 1.09. The first-order chi connectivity index (χ1) is 6.09. The van der Waals surface area contributed by atoms with Crippen LogP contribution in [0.1, 0.15) is 26.7 Å². The summed E-state index contributed by atoms with van der Waals surface area (Å²) < 4.78 is 13.5. The van der Waals surface area contributed by atoms with E-state index in [0.29, 0.717) is 6.61 Å². The van der Waals surface area contributed by atoms with Crippen molar-refractivity contribution in [1.82, 2.24) is 0 Å². The molecule has 12 heavy (non-hydrogen) atoms. The molecule has 1 aromatic carbocycles. The van der Waals surface area contributed by atoms with Gasteiger partial charge >= 0.3 is 0 Å². The summed E-state index contributed by atoms with van der Waals surface area (Å²) >= 11 is 0. The maximum Gasteiger partial charge on any atom is 0.122 e. The van der Waals surface area contributed by atoms with E-state index in [1.54, 1.807) is 0 Å². The van der Waals surface area contributed by atoms with Crippen LogP contribution in [0.2, 0.25) is 0 Å². The lowest BCUT2D eigenvalue weighted by Crippen LogP contribution is -2.07. The van der Waals surface area contributed by atoms with Crippen molar-refractivity contribution in [2.45, 2.75) is 19.8 Å². The Kier molecular flexibility index (Phi) is 1.53. The van der Waals surface area contributed by atoms with E-state index in [9.17, 15) is 0 Å². The molecule has 0 N–H and O–H groups in total. The topological polar surface area (TPSA) is 9.23 Å². The van der Waals surface area contributed by atoms with Crippen LogP contribution in [0.15, 0.2) is 24.3 Å². The maximum absolute atomic E-state index is 7.98. The molecule has 1 heteroatoms. The summed E-state index contributed by atoms with van der Waals surface area (Å²) in [6.07, 6.45) is 0. The Bertz CT molecular complexity index is 314. The zero-order valence-electron chi connectivity index (χ0n) is 8.50. The van der Waals surface area contributed by atoms with Gasteiger partial charge in [-0.15, -0.1) is 0 Å². The molecule has 64 valence electrons. The molecular weight excluding hydrogens is 148 g/mol. The Labute approximate surface area is 74.8 Å². The fourth-order valence-electron chi connectivity index (χ4n) is 1.64. The number of hydrogen-bond acceptors (Lipinski definition) is 1. The highest BCUT2D eigenvalue weighted by Crippen LogP contribution is 2.37. The molecule has 0 aliphatic carbocycles. The van der Waals surface area contributed by atoms with Gasteiger partial charge in [-0.2, -0.15) is 0 Å². The minimum atomic E-state index is -0.452. The van der Waals surface area contributed by atoms with E-state index < -0.39 is 5.89 Å². The van der Waals surface area contributed by atoms with Crippen LogP contribution in [-0.4, -0.2) is 6.61 Å². The van der Waals surface area contributed by atoms with E-state index in [4.69, 9.17) is 6.11 Å². The van der Waals surface area contributed by atoms with E-state index in [0.717, 1.165) is 5.75 Å². The van der Waals surface area contributed by atoms with Crippen LogP contribution in [-0.2, 0) is 0 Å². The largest absolute Gasteiger partial charge is 0.493 e. The first-order valence-corrected chi connectivity index (χ1v) is 4.31. The molecule has 0 spiro atoms. The molecule has 2 rings (SSSR count). The number of hydrogen-bond donors (Lipinski definition) is 0. The number of ether oxygens (including phenoxy) is 1. The lowest BCUT2D eigenvalue weighted by atomic mass is 9.90. The van der Waals surface area contributed by atoms with Crippen LogP contribution in [0.3, 0.4) is 0 Å². The first-order valence-electron chi connectivity index (χ1n) is 4.81. The summed E-state index contributed by atoms with van der Waals surface area (Å²) in [6.45, 7) is 4.52. The maximum atomic E-state index is 7.98. The van der Waals surface area contributed by atoms with E-state index in [1.165, 1.54) is 5.56 Å². The predicted octanol–water partition coefficient (Wildman–Crippen LogP) is 2.82. The Morgan fingerprint density at radius 3 is 3.00 bits per heavy atom. The second kappa shape index (κ2) is 2.81. The lowest BCUT2D eigenvalue weighted by Gasteiger charge is -2.11. The normalized spacial score (nSPS) is 22.8. The van der Waals surface area contributed by atoms with Gasteiger partial charge in [-0.25, -0.2) is 0 Å². The zero-order chi connectivity index (χ0) is 9.47. The highest BCUT2D eigenvalue weighted by Gasteiger charge is 2.25. The van der Waals surface area contributed by atoms with Crippen LogP contribution in [0.4, 0.5) is 0 Å². The van der Waals surface area contributed by atoms with Crippen LogP contribution < -0.4 is 4.74 Å². The van der Waals surface area contributed by atoms with E-state index in [-0.39, 0.29) is 5.92 Å². The zero-order valence-corrected chi connectivity index (χ0v) is 7.50. The molecule has 1 heterocycles.